The van der Waals surface area contributed by atoms with Gasteiger partial charge in [0.25, 0.3) is 0 Å². The standard InChI is InChI=1S/C22H25F2N/c23-20-8-4-16(5-9-20)22(17-6-10-21(24)11-7-17)12-13-25-14-18-2-1-3-19(18)15-25/h4-11,18-19,22H,1-3,12-15H2/t18-,19+. The molecular formula is C22H25F2N. The van der Waals surface area contributed by atoms with Gasteiger partial charge in [0.2, 0.25) is 0 Å². The van der Waals surface area contributed by atoms with Crippen molar-refractivity contribution in [2.24, 2.45) is 11.8 Å². The largest absolute Gasteiger partial charge is 0.303 e. The molecule has 2 atom stereocenters. The summed E-state index contributed by atoms with van der Waals surface area (Å²) in [6.45, 7) is 3.50. The molecule has 0 amide bonds. The highest BCUT2D eigenvalue weighted by molar-refractivity contribution is 5.32. The molecule has 25 heavy (non-hydrogen) atoms. The molecule has 2 aromatic carbocycles. The van der Waals surface area contributed by atoms with E-state index >= 15 is 0 Å². The molecule has 1 aliphatic heterocycles. The third kappa shape index (κ3) is 3.77. The van der Waals surface area contributed by atoms with Crippen molar-refractivity contribution in [1.29, 1.82) is 0 Å². The molecule has 132 valence electrons. The first-order chi connectivity index (χ1) is 12.2. The van der Waals surface area contributed by atoms with Gasteiger partial charge in [-0.1, -0.05) is 30.7 Å². The fourth-order valence-corrected chi connectivity index (χ4v) is 4.74. The zero-order chi connectivity index (χ0) is 17.2. The number of nitrogens with zero attached hydrogens (tertiary/aromatic N) is 1. The van der Waals surface area contributed by atoms with Crippen molar-refractivity contribution in [2.75, 3.05) is 19.6 Å². The van der Waals surface area contributed by atoms with Crippen molar-refractivity contribution in [3.8, 4) is 0 Å². The summed E-state index contributed by atoms with van der Waals surface area (Å²) in [4.78, 5) is 2.59. The molecule has 0 bridgehead atoms. The molecule has 3 heteroatoms. The number of halogens is 2. The Morgan fingerprint density at radius 1 is 0.800 bits per heavy atom. The lowest BCUT2D eigenvalue weighted by Gasteiger charge is -2.23. The lowest BCUT2D eigenvalue weighted by molar-refractivity contribution is 0.302. The summed E-state index contributed by atoms with van der Waals surface area (Å²) in [6.07, 6.45) is 5.16. The van der Waals surface area contributed by atoms with E-state index in [0.717, 1.165) is 35.9 Å². The molecule has 2 aromatic rings. The topological polar surface area (TPSA) is 3.24 Å². The molecule has 0 spiro atoms. The summed E-state index contributed by atoms with van der Waals surface area (Å²) in [7, 11) is 0. The Balaban J connectivity index is 1.49. The molecule has 0 N–H and O–H groups in total. The molecule has 4 rings (SSSR count). The Morgan fingerprint density at radius 3 is 1.76 bits per heavy atom. The van der Waals surface area contributed by atoms with E-state index in [1.54, 1.807) is 0 Å². The lowest BCUT2D eigenvalue weighted by atomic mass is 9.88. The predicted molar refractivity (Wildman–Crippen MR) is 96.5 cm³/mol. The zero-order valence-corrected chi connectivity index (χ0v) is 14.5. The van der Waals surface area contributed by atoms with E-state index in [0.29, 0.717) is 0 Å². The highest BCUT2D eigenvalue weighted by Gasteiger charge is 2.35. The van der Waals surface area contributed by atoms with Crippen LogP contribution in [0.3, 0.4) is 0 Å². The first kappa shape index (κ1) is 16.7. The second-order valence-corrected chi connectivity index (χ2v) is 7.66. The third-order valence-electron chi connectivity index (χ3n) is 6.08. The predicted octanol–water partition coefficient (Wildman–Crippen LogP) is 5.22. The quantitative estimate of drug-likeness (QED) is 0.721. The van der Waals surface area contributed by atoms with Gasteiger partial charge in [-0.25, -0.2) is 8.78 Å². The Bertz CT molecular complexity index is 637. The minimum atomic E-state index is -0.214. The summed E-state index contributed by atoms with van der Waals surface area (Å²) in [6, 6.07) is 13.5. The molecule has 0 aromatic heterocycles. The Hall–Kier alpha value is -1.74. The normalized spacial score (nSPS) is 23.3. The number of fused-ring (bicyclic) bond motifs is 1. The van der Waals surface area contributed by atoms with Gasteiger partial charge >= 0.3 is 0 Å². The van der Waals surface area contributed by atoms with E-state index in [-0.39, 0.29) is 17.6 Å². The van der Waals surface area contributed by atoms with Gasteiger partial charge in [-0.05, 0) is 73.0 Å². The fraction of sp³-hybridized carbons (Fsp3) is 0.455. The van der Waals surface area contributed by atoms with Crippen LogP contribution in [-0.4, -0.2) is 24.5 Å². The minimum absolute atomic E-state index is 0.182. The molecule has 1 heterocycles. The van der Waals surface area contributed by atoms with Gasteiger partial charge in [-0.15, -0.1) is 0 Å². The Kier molecular flexibility index (Phi) is 4.85. The second-order valence-electron chi connectivity index (χ2n) is 7.66. The zero-order valence-electron chi connectivity index (χ0n) is 14.5. The molecule has 2 aliphatic rings. The van der Waals surface area contributed by atoms with Crippen LogP contribution in [0.2, 0.25) is 0 Å². The molecule has 1 aliphatic carbocycles. The van der Waals surface area contributed by atoms with Gasteiger partial charge in [0.15, 0.2) is 0 Å². The van der Waals surface area contributed by atoms with E-state index in [4.69, 9.17) is 0 Å². The highest BCUT2D eigenvalue weighted by Crippen LogP contribution is 2.38. The van der Waals surface area contributed by atoms with Gasteiger partial charge in [0.05, 0.1) is 0 Å². The summed E-state index contributed by atoms with van der Waals surface area (Å²) in [5.74, 6) is 1.55. The molecule has 1 saturated heterocycles. The molecule has 0 radical (unpaired) electrons. The van der Waals surface area contributed by atoms with Crippen molar-refractivity contribution in [2.45, 2.75) is 31.6 Å². The first-order valence-electron chi connectivity index (χ1n) is 9.42. The van der Waals surface area contributed by atoms with Crippen LogP contribution in [0.15, 0.2) is 48.5 Å². The molecular weight excluding hydrogens is 316 g/mol. The van der Waals surface area contributed by atoms with Crippen LogP contribution in [0, 0.1) is 23.5 Å². The van der Waals surface area contributed by atoms with Crippen LogP contribution >= 0.6 is 0 Å². The summed E-state index contributed by atoms with van der Waals surface area (Å²) in [5, 5.41) is 0. The van der Waals surface area contributed by atoms with E-state index in [1.807, 2.05) is 24.3 Å². The summed E-state index contributed by atoms with van der Waals surface area (Å²) >= 11 is 0. The van der Waals surface area contributed by atoms with Gasteiger partial charge in [-0.3, -0.25) is 0 Å². The number of likely N-dealkylation sites (tertiary alicyclic amines) is 1. The monoisotopic (exact) mass is 341 g/mol. The van der Waals surface area contributed by atoms with Crippen molar-refractivity contribution >= 4 is 0 Å². The van der Waals surface area contributed by atoms with E-state index in [9.17, 15) is 8.78 Å². The smallest absolute Gasteiger partial charge is 0.123 e. The summed E-state index contributed by atoms with van der Waals surface area (Å²) in [5.41, 5.74) is 2.21. The van der Waals surface area contributed by atoms with Crippen LogP contribution in [0.5, 0.6) is 0 Å². The second kappa shape index (κ2) is 7.25. The molecule has 2 fully saturated rings. The van der Waals surface area contributed by atoms with Crippen LogP contribution in [-0.2, 0) is 0 Å². The molecule has 1 saturated carbocycles. The van der Waals surface area contributed by atoms with Crippen molar-refractivity contribution < 1.29 is 8.78 Å². The Morgan fingerprint density at radius 2 is 1.28 bits per heavy atom. The Labute approximate surface area is 148 Å². The highest BCUT2D eigenvalue weighted by atomic mass is 19.1. The van der Waals surface area contributed by atoms with Crippen LogP contribution in [0.4, 0.5) is 8.78 Å². The first-order valence-corrected chi connectivity index (χ1v) is 9.42. The average molecular weight is 341 g/mol. The molecule has 0 unspecified atom stereocenters. The fourth-order valence-electron chi connectivity index (χ4n) is 4.74. The van der Waals surface area contributed by atoms with Crippen LogP contribution in [0.1, 0.15) is 42.7 Å². The number of hydrogen-bond donors (Lipinski definition) is 0. The number of rotatable bonds is 5. The summed E-state index contributed by atoms with van der Waals surface area (Å²) < 4.78 is 26.6. The van der Waals surface area contributed by atoms with E-state index in [2.05, 4.69) is 4.90 Å². The van der Waals surface area contributed by atoms with Gasteiger partial charge in [0.1, 0.15) is 11.6 Å². The maximum Gasteiger partial charge on any atom is 0.123 e. The van der Waals surface area contributed by atoms with Gasteiger partial charge in [-0.2, -0.15) is 0 Å². The molecule has 1 nitrogen and oxygen atoms in total. The van der Waals surface area contributed by atoms with Crippen molar-refractivity contribution in [1.82, 2.24) is 4.90 Å². The van der Waals surface area contributed by atoms with E-state index < -0.39 is 0 Å². The van der Waals surface area contributed by atoms with Crippen LogP contribution < -0.4 is 0 Å². The maximum absolute atomic E-state index is 13.3. The van der Waals surface area contributed by atoms with Crippen molar-refractivity contribution in [3.63, 3.8) is 0 Å². The number of benzene rings is 2. The van der Waals surface area contributed by atoms with Crippen LogP contribution in [0.25, 0.3) is 0 Å². The number of hydrogen-bond acceptors (Lipinski definition) is 1. The lowest BCUT2D eigenvalue weighted by Crippen LogP contribution is -2.24. The van der Waals surface area contributed by atoms with Gasteiger partial charge in [0, 0.05) is 19.0 Å². The SMILES string of the molecule is Fc1ccc(C(CCN2C[C@H]3CCC[C@H]3C2)c2ccc(F)cc2)cc1. The van der Waals surface area contributed by atoms with E-state index in [1.165, 1.54) is 56.6 Å². The minimum Gasteiger partial charge on any atom is -0.303 e. The van der Waals surface area contributed by atoms with Crippen molar-refractivity contribution in [3.05, 3.63) is 71.3 Å². The van der Waals surface area contributed by atoms with Gasteiger partial charge < -0.3 is 4.90 Å². The third-order valence-corrected chi connectivity index (χ3v) is 6.08. The maximum atomic E-state index is 13.3. The average Bonchev–Trinajstić information content (AvgIpc) is 3.19.